The molecule has 0 radical (unpaired) electrons. The molecular formula is C15H22N4O3. The lowest BCUT2D eigenvalue weighted by Crippen LogP contribution is -2.19. The molecule has 1 unspecified atom stereocenters. The van der Waals surface area contributed by atoms with Gasteiger partial charge in [0.05, 0.1) is 19.9 Å². The first-order valence-electron chi connectivity index (χ1n) is 7.87. The van der Waals surface area contributed by atoms with E-state index in [2.05, 4.69) is 21.9 Å². The molecule has 2 aromatic rings. The van der Waals surface area contributed by atoms with Crippen LogP contribution in [0.1, 0.15) is 45.3 Å². The third-order valence-corrected chi connectivity index (χ3v) is 3.73. The first-order chi connectivity index (χ1) is 10.8. The van der Waals surface area contributed by atoms with E-state index in [9.17, 15) is 0 Å². The highest BCUT2D eigenvalue weighted by atomic mass is 16.5. The average Bonchev–Trinajstić information content (AvgIpc) is 2.93. The third kappa shape index (κ3) is 2.99. The maximum atomic E-state index is 5.85. The van der Waals surface area contributed by atoms with E-state index in [1.807, 2.05) is 4.57 Å². The highest BCUT2D eigenvalue weighted by Gasteiger charge is 2.24. The minimum absolute atomic E-state index is 0.0907. The Bertz CT molecular complexity index is 623. The van der Waals surface area contributed by atoms with Crippen LogP contribution in [-0.2, 0) is 4.74 Å². The molecule has 0 aromatic carbocycles. The zero-order chi connectivity index (χ0) is 15.4. The smallest absolute Gasteiger partial charge is 0.318 e. The van der Waals surface area contributed by atoms with Crippen LogP contribution in [0.5, 0.6) is 12.0 Å². The fraction of sp³-hybridized carbons (Fsp3) is 0.667. The second-order valence-electron chi connectivity index (χ2n) is 5.35. The molecular weight excluding hydrogens is 284 g/mol. The van der Waals surface area contributed by atoms with Gasteiger partial charge in [-0.2, -0.15) is 9.97 Å². The molecule has 3 rings (SSSR count). The summed E-state index contributed by atoms with van der Waals surface area (Å²) >= 11 is 0. The van der Waals surface area contributed by atoms with Gasteiger partial charge in [-0.25, -0.2) is 4.98 Å². The highest BCUT2D eigenvalue weighted by Crippen LogP contribution is 2.31. The number of methoxy groups -OCH3 is 1. The van der Waals surface area contributed by atoms with Crippen molar-refractivity contribution in [2.24, 2.45) is 0 Å². The molecule has 0 spiro atoms. The van der Waals surface area contributed by atoms with Crippen LogP contribution in [0.4, 0.5) is 0 Å². The maximum absolute atomic E-state index is 5.85. The molecule has 1 aliphatic rings. The van der Waals surface area contributed by atoms with Crippen LogP contribution in [0, 0.1) is 0 Å². The Balaban J connectivity index is 1.94. The van der Waals surface area contributed by atoms with Crippen LogP contribution in [-0.4, -0.2) is 39.8 Å². The number of aromatic nitrogens is 4. The van der Waals surface area contributed by atoms with Gasteiger partial charge >= 0.3 is 12.0 Å². The van der Waals surface area contributed by atoms with E-state index in [1.54, 1.807) is 13.3 Å². The Hall–Kier alpha value is -1.89. The van der Waals surface area contributed by atoms with Gasteiger partial charge in [-0.1, -0.05) is 13.3 Å². The molecule has 0 saturated carbocycles. The predicted molar refractivity (Wildman–Crippen MR) is 81.1 cm³/mol. The quantitative estimate of drug-likeness (QED) is 0.764. The molecule has 120 valence electrons. The molecule has 1 saturated heterocycles. The summed E-state index contributed by atoms with van der Waals surface area (Å²) in [5.74, 6) is 0. The maximum Gasteiger partial charge on any atom is 0.318 e. The molecule has 7 nitrogen and oxygen atoms in total. The minimum atomic E-state index is -0.0907. The van der Waals surface area contributed by atoms with E-state index in [0.717, 1.165) is 38.7 Å². The Labute approximate surface area is 129 Å². The molecule has 0 amide bonds. The second kappa shape index (κ2) is 6.91. The van der Waals surface area contributed by atoms with Gasteiger partial charge < -0.3 is 14.2 Å². The number of imidazole rings is 1. The zero-order valence-corrected chi connectivity index (χ0v) is 13.1. The summed E-state index contributed by atoms with van der Waals surface area (Å²) in [4.78, 5) is 13.1. The van der Waals surface area contributed by atoms with Gasteiger partial charge in [-0.3, -0.25) is 4.57 Å². The van der Waals surface area contributed by atoms with Crippen molar-refractivity contribution in [1.82, 2.24) is 19.5 Å². The van der Waals surface area contributed by atoms with Crippen molar-refractivity contribution in [2.75, 3.05) is 20.3 Å². The van der Waals surface area contributed by atoms with Crippen molar-refractivity contribution >= 4 is 11.2 Å². The molecule has 3 heterocycles. The Morgan fingerprint density at radius 2 is 2.27 bits per heavy atom. The summed E-state index contributed by atoms with van der Waals surface area (Å²) in [5.41, 5.74) is 1.39. The monoisotopic (exact) mass is 306 g/mol. The van der Waals surface area contributed by atoms with Crippen molar-refractivity contribution in [3.05, 3.63) is 6.20 Å². The molecule has 2 aromatic heterocycles. The van der Waals surface area contributed by atoms with E-state index in [-0.39, 0.29) is 6.23 Å². The van der Waals surface area contributed by atoms with E-state index in [4.69, 9.17) is 14.2 Å². The van der Waals surface area contributed by atoms with E-state index in [1.165, 1.54) is 0 Å². The Morgan fingerprint density at radius 1 is 1.36 bits per heavy atom. The van der Waals surface area contributed by atoms with Crippen molar-refractivity contribution < 1.29 is 14.2 Å². The van der Waals surface area contributed by atoms with Crippen LogP contribution in [0.3, 0.4) is 0 Å². The van der Waals surface area contributed by atoms with E-state index >= 15 is 0 Å². The van der Waals surface area contributed by atoms with Gasteiger partial charge in [0, 0.05) is 6.61 Å². The second-order valence-corrected chi connectivity index (χ2v) is 5.35. The number of hydrogen-bond donors (Lipinski definition) is 0. The van der Waals surface area contributed by atoms with Gasteiger partial charge in [-0.15, -0.1) is 0 Å². The molecule has 0 bridgehead atoms. The van der Waals surface area contributed by atoms with Gasteiger partial charge in [0.15, 0.2) is 5.65 Å². The lowest BCUT2D eigenvalue weighted by atomic mass is 10.2. The molecule has 22 heavy (non-hydrogen) atoms. The molecule has 0 N–H and O–H groups in total. The van der Waals surface area contributed by atoms with Crippen molar-refractivity contribution in [3.8, 4) is 12.0 Å². The van der Waals surface area contributed by atoms with Gasteiger partial charge in [0.2, 0.25) is 0 Å². The van der Waals surface area contributed by atoms with Crippen molar-refractivity contribution in [2.45, 2.75) is 45.3 Å². The van der Waals surface area contributed by atoms with Crippen LogP contribution >= 0.6 is 0 Å². The molecule has 0 aliphatic carbocycles. The van der Waals surface area contributed by atoms with Gasteiger partial charge in [-0.05, 0) is 25.7 Å². The highest BCUT2D eigenvalue weighted by molar-refractivity contribution is 5.71. The first kappa shape index (κ1) is 15.0. The number of fused-ring (bicyclic) bond motifs is 1. The first-order valence-corrected chi connectivity index (χ1v) is 7.87. The fourth-order valence-corrected chi connectivity index (χ4v) is 2.56. The number of rotatable bonds is 6. The van der Waals surface area contributed by atoms with Gasteiger partial charge in [0.1, 0.15) is 11.7 Å². The van der Waals surface area contributed by atoms with Crippen LogP contribution in [0.25, 0.3) is 11.2 Å². The number of nitrogens with zero attached hydrogens (tertiary/aromatic N) is 4. The molecule has 1 aliphatic heterocycles. The zero-order valence-electron chi connectivity index (χ0n) is 13.1. The summed E-state index contributed by atoms with van der Waals surface area (Å²) < 4.78 is 18.7. The Kier molecular flexibility index (Phi) is 4.72. The number of hydrogen-bond acceptors (Lipinski definition) is 6. The molecule has 1 atom stereocenters. The topological polar surface area (TPSA) is 71.3 Å². The fourth-order valence-electron chi connectivity index (χ4n) is 2.56. The summed E-state index contributed by atoms with van der Waals surface area (Å²) in [5, 5.41) is 0. The van der Waals surface area contributed by atoms with Gasteiger partial charge in [0.25, 0.3) is 0 Å². The standard InChI is InChI=1S/C15H22N4O3/c1-3-4-8-22-14-16-10-11-13(18-14)19(15(17-11)20-2)12-7-5-6-9-21-12/h10,12H,3-9H2,1-2H3. The largest absolute Gasteiger partial charge is 0.468 e. The predicted octanol–water partition coefficient (Wildman–Crippen LogP) is 2.71. The minimum Gasteiger partial charge on any atom is -0.468 e. The third-order valence-electron chi connectivity index (χ3n) is 3.73. The van der Waals surface area contributed by atoms with Crippen molar-refractivity contribution in [1.29, 1.82) is 0 Å². The molecule has 7 heteroatoms. The van der Waals surface area contributed by atoms with E-state index in [0.29, 0.717) is 29.8 Å². The van der Waals surface area contributed by atoms with Crippen LogP contribution < -0.4 is 9.47 Å². The van der Waals surface area contributed by atoms with E-state index < -0.39 is 0 Å². The Morgan fingerprint density at radius 3 is 3.00 bits per heavy atom. The van der Waals surface area contributed by atoms with Crippen LogP contribution in [0.2, 0.25) is 0 Å². The lowest BCUT2D eigenvalue weighted by Gasteiger charge is -2.24. The summed E-state index contributed by atoms with van der Waals surface area (Å²) in [6.45, 7) is 3.49. The van der Waals surface area contributed by atoms with Crippen LogP contribution in [0.15, 0.2) is 6.20 Å². The summed E-state index contributed by atoms with van der Waals surface area (Å²) in [6, 6.07) is 0.877. The number of unbranched alkanes of at least 4 members (excludes halogenated alkanes) is 1. The molecule has 1 fully saturated rings. The lowest BCUT2D eigenvalue weighted by molar-refractivity contribution is -0.0334. The normalized spacial score (nSPS) is 18.5. The van der Waals surface area contributed by atoms with Crippen molar-refractivity contribution in [3.63, 3.8) is 0 Å². The summed E-state index contributed by atoms with van der Waals surface area (Å²) in [7, 11) is 1.60. The number of ether oxygens (including phenoxy) is 3. The average molecular weight is 306 g/mol. The SMILES string of the molecule is CCCCOc1ncc2nc(OC)n(C3CCCCO3)c2n1. The summed E-state index contributed by atoms with van der Waals surface area (Å²) in [6.07, 6.45) is 6.78.